The predicted octanol–water partition coefficient (Wildman–Crippen LogP) is 2.95. The van der Waals surface area contributed by atoms with Crippen molar-refractivity contribution in [3.05, 3.63) is 64.7 Å². The van der Waals surface area contributed by atoms with Crippen LogP contribution >= 0.6 is 11.6 Å². The molecule has 136 valence electrons. The Hall–Kier alpha value is -2.86. The van der Waals surface area contributed by atoms with Crippen molar-refractivity contribution in [2.75, 3.05) is 0 Å². The first kappa shape index (κ1) is 19.5. The van der Waals surface area contributed by atoms with E-state index in [1.807, 2.05) is 13.8 Å². The van der Waals surface area contributed by atoms with Crippen LogP contribution in [0.4, 0.5) is 0 Å². The smallest absolute Gasteiger partial charge is 0.262 e. The van der Waals surface area contributed by atoms with Crippen LogP contribution in [0.3, 0.4) is 0 Å². The zero-order valence-electron chi connectivity index (χ0n) is 14.4. The first-order valence-electron chi connectivity index (χ1n) is 8.05. The minimum Gasteiger partial charge on any atom is -0.508 e. The molecule has 26 heavy (non-hydrogen) atoms. The van der Waals surface area contributed by atoms with Gasteiger partial charge in [0, 0.05) is 10.6 Å². The van der Waals surface area contributed by atoms with E-state index in [4.69, 9.17) is 11.6 Å². The summed E-state index contributed by atoms with van der Waals surface area (Å²) < 4.78 is 0. The third kappa shape index (κ3) is 5.60. The van der Waals surface area contributed by atoms with E-state index in [9.17, 15) is 14.7 Å². The Morgan fingerprint density at radius 2 is 1.88 bits per heavy atom. The van der Waals surface area contributed by atoms with Gasteiger partial charge in [-0.15, -0.1) is 0 Å². The highest BCUT2D eigenvalue weighted by atomic mass is 35.5. The molecule has 7 heteroatoms. The maximum absolute atomic E-state index is 12.4. The second-order valence-electron chi connectivity index (χ2n) is 6.03. The van der Waals surface area contributed by atoms with E-state index in [0.29, 0.717) is 16.1 Å². The van der Waals surface area contributed by atoms with Crippen molar-refractivity contribution in [1.29, 1.82) is 0 Å². The van der Waals surface area contributed by atoms with Crippen LogP contribution in [0.2, 0.25) is 5.02 Å². The molecular formula is C19H20ClN3O3. The SMILES string of the molecule is CC(C)C(NC(=O)c1cccc(Cl)c1)C(=O)N/N=C/c1cccc(O)c1. The highest BCUT2D eigenvalue weighted by Gasteiger charge is 2.24. The lowest BCUT2D eigenvalue weighted by atomic mass is 10.0. The Kier molecular flexibility index (Phi) is 6.74. The summed E-state index contributed by atoms with van der Waals surface area (Å²) in [6, 6.07) is 12.2. The van der Waals surface area contributed by atoms with E-state index in [0.717, 1.165) is 0 Å². The summed E-state index contributed by atoms with van der Waals surface area (Å²) in [7, 11) is 0. The molecule has 0 saturated heterocycles. The summed E-state index contributed by atoms with van der Waals surface area (Å²) in [4.78, 5) is 24.7. The highest BCUT2D eigenvalue weighted by Crippen LogP contribution is 2.12. The van der Waals surface area contributed by atoms with E-state index in [1.54, 1.807) is 30.3 Å². The van der Waals surface area contributed by atoms with E-state index in [2.05, 4.69) is 15.8 Å². The van der Waals surface area contributed by atoms with Gasteiger partial charge < -0.3 is 10.4 Å². The largest absolute Gasteiger partial charge is 0.508 e. The zero-order valence-corrected chi connectivity index (χ0v) is 15.2. The Morgan fingerprint density at radius 3 is 2.54 bits per heavy atom. The number of benzene rings is 2. The molecule has 0 aromatic heterocycles. The molecule has 1 atom stereocenters. The quantitative estimate of drug-likeness (QED) is 0.537. The maximum Gasteiger partial charge on any atom is 0.262 e. The fourth-order valence-corrected chi connectivity index (χ4v) is 2.42. The molecule has 0 heterocycles. The van der Waals surface area contributed by atoms with Gasteiger partial charge >= 0.3 is 0 Å². The lowest BCUT2D eigenvalue weighted by Gasteiger charge is -2.20. The van der Waals surface area contributed by atoms with Crippen LogP contribution in [0.15, 0.2) is 53.6 Å². The Balaban J connectivity index is 2.02. The van der Waals surface area contributed by atoms with Crippen molar-refractivity contribution >= 4 is 29.6 Å². The molecule has 0 bridgehead atoms. The molecule has 0 aliphatic heterocycles. The van der Waals surface area contributed by atoms with Crippen LogP contribution in [-0.2, 0) is 4.79 Å². The van der Waals surface area contributed by atoms with Crippen molar-refractivity contribution in [2.24, 2.45) is 11.0 Å². The number of phenols is 1. The minimum absolute atomic E-state index is 0.106. The standard InChI is InChI=1S/C19H20ClN3O3/c1-12(2)17(22-18(25)14-6-4-7-15(20)10-14)19(26)23-21-11-13-5-3-8-16(24)9-13/h3-12,17,24H,1-2H3,(H,22,25)(H,23,26)/b21-11+. The lowest BCUT2D eigenvalue weighted by Crippen LogP contribution is -2.48. The first-order valence-corrected chi connectivity index (χ1v) is 8.43. The number of nitrogens with zero attached hydrogens (tertiary/aromatic N) is 1. The van der Waals surface area contributed by atoms with Gasteiger partial charge in [-0.05, 0) is 41.8 Å². The molecule has 0 fully saturated rings. The molecule has 0 aliphatic carbocycles. The first-order chi connectivity index (χ1) is 12.4. The molecule has 0 saturated carbocycles. The Labute approximate surface area is 156 Å². The fraction of sp³-hybridized carbons (Fsp3) is 0.211. The number of nitrogens with one attached hydrogen (secondary N) is 2. The van der Waals surface area contributed by atoms with E-state index < -0.39 is 17.9 Å². The Bertz CT molecular complexity index is 821. The van der Waals surface area contributed by atoms with Crippen LogP contribution in [0.25, 0.3) is 0 Å². The average Bonchev–Trinajstić information content (AvgIpc) is 2.59. The van der Waals surface area contributed by atoms with Crippen molar-refractivity contribution in [3.8, 4) is 5.75 Å². The molecule has 0 spiro atoms. The molecule has 6 nitrogen and oxygen atoms in total. The van der Waals surface area contributed by atoms with Crippen LogP contribution in [-0.4, -0.2) is 29.2 Å². The van der Waals surface area contributed by atoms with E-state index in [1.165, 1.54) is 24.4 Å². The molecule has 2 amide bonds. The number of phenolic OH excluding ortho intramolecular Hbond substituents is 1. The van der Waals surface area contributed by atoms with Crippen LogP contribution in [0.1, 0.15) is 29.8 Å². The van der Waals surface area contributed by atoms with Crippen LogP contribution in [0.5, 0.6) is 5.75 Å². The van der Waals surface area contributed by atoms with Gasteiger partial charge in [0.05, 0.1) is 6.21 Å². The van der Waals surface area contributed by atoms with Crippen molar-refractivity contribution in [2.45, 2.75) is 19.9 Å². The second kappa shape index (κ2) is 9.01. The van der Waals surface area contributed by atoms with Crippen molar-refractivity contribution in [1.82, 2.24) is 10.7 Å². The summed E-state index contributed by atoms with van der Waals surface area (Å²) in [5.41, 5.74) is 3.42. The van der Waals surface area contributed by atoms with Gasteiger partial charge in [0.15, 0.2) is 0 Å². The van der Waals surface area contributed by atoms with Gasteiger partial charge in [0.25, 0.3) is 11.8 Å². The van der Waals surface area contributed by atoms with Crippen LogP contribution in [0, 0.1) is 5.92 Å². The number of hydrogen-bond donors (Lipinski definition) is 3. The lowest BCUT2D eigenvalue weighted by molar-refractivity contribution is -0.123. The van der Waals surface area contributed by atoms with Gasteiger partial charge in [-0.1, -0.05) is 43.6 Å². The average molecular weight is 374 g/mol. The van der Waals surface area contributed by atoms with E-state index in [-0.39, 0.29) is 11.7 Å². The number of rotatable bonds is 6. The second-order valence-corrected chi connectivity index (χ2v) is 6.47. The molecule has 0 aliphatic rings. The molecule has 2 rings (SSSR count). The summed E-state index contributed by atoms with van der Waals surface area (Å²) in [6.45, 7) is 3.64. The number of hydrazone groups is 1. The monoisotopic (exact) mass is 373 g/mol. The van der Waals surface area contributed by atoms with Crippen LogP contribution < -0.4 is 10.7 Å². The minimum atomic E-state index is -0.761. The van der Waals surface area contributed by atoms with Gasteiger partial charge in [-0.25, -0.2) is 5.43 Å². The van der Waals surface area contributed by atoms with Gasteiger partial charge in [-0.3, -0.25) is 9.59 Å². The van der Waals surface area contributed by atoms with Crippen molar-refractivity contribution in [3.63, 3.8) is 0 Å². The van der Waals surface area contributed by atoms with Crippen molar-refractivity contribution < 1.29 is 14.7 Å². The maximum atomic E-state index is 12.4. The molecule has 2 aromatic rings. The molecular weight excluding hydrogens is 354 g/mol. The molecule has 0 radical (unpaired) electrons. The Morgan fingerprint density at radius 1 is 1.15 bits per heavy atom. The zero-order chi connectivity index (χ0) is 19.1. The number of halogens is 1. The number of carbonyl (C=O) groups is 2. The van der Waals surface area contributed by atoms with E-state index >= 15 is 0 Å². The summed E-state index contributed by atoms with van der Waals surface area (Å²) in [6.07, 6.45) is 1.41. The molecule has 2 aromatic carbocycles. The van der Waals surface area contributed by atoms with Gasteiger partial charge in [0.1, 0.15) is 11.8 Å². The topological polar surface area (TPSA) is 90.8 Å². The van der Waals surface area contributed by atoms with Gasteiger partial charge in [0.2, 0.25) is 0 Å². The molecule has 1 unspecified atom stereocenters. The third-order valence-electron chi connectivity index (χ3n) is 3.58. The number of aromatic hydroxyl groups is 1. The number of hydrogen-bond acceptors (Lipinski definition) is 4. The summed E-state index contributed by atoms with van der Waals surface area (Å²) >= 11 is 5.89. The third-order valence-corrected chi connectivity index (χ3v) is 3.82. The summed E-state index contributed by atoms with van der Waals surface area (Å²) in [5.74, 6) is -0.867. The molecule has 3 N–H and O–H groups in total. The number of carbonyl (C=O) groups excluding carboxylic acids is 2. The van der Waals surface area contributed by atoms with Gasteiger partial charge in [-0.2, -0.15) is 5.10 Å². The summed E-state index contributed by atoms with van der Waals surface area (Å²) in [5, 5.41) is 16.4. The predicted molar refractivity (Wildman–Crippen MR) is 101 cm³/mol. The number of amides is 2. The highest BCUT2D eigenvalue weighted by molar-refractivity contribution is 6.31. The fourth-order valence-electron chi connectivity index (χ4n) is 2.23. The normalized spacial score (nSPS) is 12.2.